The molecule has 0 aromatic rings. The predicted molar refractivity (Wildman–Crippen MR) is 43.2 cm³/mol. The number of rotatable bonds is 1. The van der Waals surface area contributed by atoms with Gasteiger partial charge in [-0.2, -0.15) is 0 Å². The zero-order valence-corrected chi connectivity index (χ0v) is 6.80. The number of likely N-dealkylation sites (N-methyl/N-ethyl adjacent to an activating group) is 1. The minimum absolute atomic E-state index is 1.07. The Bertz CT molecular complexity index is 177. The van der Waals surface area contributed by atoms with E-state index in [2.05, 4.69) is 27.8 Å². The number of hydrogen-bond acceptors (Lipinski definition) is 4. The summed E-state index contributed by atoms with van der Waals surface area (Å²) in [4.78, 5) is 2.43. The van der Waals surface area contributed by atoms with Gasteiger partial charge in [-0.05, 0) is 6.54 Å². The second-order valence-electron chi connectivity index (χ2n) is 2.91. The van der Waals surface area contributed by atoms with Gasteiger partial charge in [-0.15, -0.1) is 5.53 Å². The molecule has 2 heterocycles. The summed E-state index contributed by atoms with van der Waals surface area (Å²) in [7, 11) is 0. The van der Waals surface area contributed by atoms with Crippen LogP contribution < -0.4 is 11.0 Å². The fraction of sp³-hybridized carbons (Fsp3) is 0.714. The first kappa shape index (κ1) is 6.94. The van der Waals surface area contributed by atoms with E-state index in [1.807, 2.05) is 6.20 Å². The molecule has 2 rings (SSSR count). The van der Waals surface area contributed by atoms with E-state index in [0.717, 1.165) is 26.2 Å². The van der Waals surface area contributed by atoms with Crippen molar-refractivity contribution in [2.75, 3.05) is 26.2 Å². The standard InChI is InChI=1S/C7H14N4/c1-2-10-3-4-11-7(6-10)5-8-9-11/h5,8-9H,2-4,6H2,1H3. The predicted octanol–water partition coefficient (Wildman–Crippen LogP) is -0.512. The first-order valence-electron chi connectivity index (χ1n) is 4.10. The second-order valence-corrected chi connectivity index (χ2v) is 2.91. The van der Waals surface area contributed by atoms with Crippen LogP contribution in [0.15, 0.2) is 11.9 Å². The van der Waals surface area contributed by atoms with Crippen molar-refractivity contribution in [3.05, 3.63) is 11.9 Å². The van der Waals surface area contributed by atoms with E-state index in [-0.39, 0.29) is 0 Å². The molecule has 11 heavy (non-hydrogen) atoms. The van der Waals surface area contributed by atoms with E-state index < -0.39 is 0 Å². The molecule has 2 aliphatic rings. The molecule has 0 aromatic carbocycles. The van der Waals surface area contributed by atoms with Crippen molar-refractivity contribution in [3.8, 4) is 0 Å². The first-order chi connectivity index (χ1) is 5.40. The number of hydrazine groups is 2. The van der Waals surface area contributed by atoms with E-state index in [1.165, 1.54) is 5.70 Å². The summed E-state index contributed by atoms with van der Waals surface area (Å²) >= 11 is 0. The average molecular weight is 154 g/mol. The molecule has 4 nitrogen and oxygen atoms in total. The Morgan fingerprint density at radius 1 is 1.55 bits per heavy atom. The van der Waals surface area contributed by atoms with Crippen LogP contribution in [0.5, 0.6) is 0 Å². The Hall–Kier alpha value is -0.740. The van der Waals surface area contributed by atoms with Gasteiger partial charge in [0.15, 0.2) is 0 Å². The van der Waals surface area contributed by atoms with E-state index >= 15 is 0 Å². The zero-order valence-electron chi connectivity index (χ0n) is 6.80. The number of fused-ring (bicyclic) bond motifs is 1. The topological polar surface area (TPSA) is 30.5 Å². The fourth-order valence-corrected chi connectivity index (χ4v) is 1.49. The summed E-state index contributed by atoms with van der Waals surface area (Å²) in [5.41, 5.74) is 7.41. The Morgan fingerprint density at radius 3 is 3.27 bits per heavy atom. The van der Waals surface area contributed by atoms with Crippen molar-refractivity contribution in [2.45, 2.75) is 6.92 Å². The molecule has 0 aromatic heterocycles. The molecule has 1 saturated heterocycles. The van der Waals surface area contributed by atoms with Gasteiger partial charge in [0.05, 0.1) is 5.70 Å². The molecule has 0 atom stereocenters. The molecular weight excluding hydrogens is 140 g/mol. The molecule has 0 unspecified atom stereocenters. The molecule has 2 aliphatic heterocycles. The molecule has 0 spiro atoms. The van der Waals surface area contributed by atoms with Crippen LogP contribution in [0.1, 0.15) is 6.92 Å². The van der Waals surface area contributed by atoms with Crippen molar-refractivity contribution in [3.63, 3.8) is 0 Å². The lowest BCUT2D eigenvalue weighted by atomic mass is 10.3. The Labute approximate surface area is 66.8 Å². The molecule has 1 fully saturated rings. The largest absolute Gasteiger partial charge is 0.309 e. The third-order valence-electron chi connectivity index (χ3n) is 2.26. The fourth-order valence-electron chi connectivity index (χ4n) is 1.49. The third-order valence-corrected chi connectivity index (χ3v) is 2.26. The van der Waals surface area contributed by atoms with Crippen LogP contribution in [0.4, 0.5) is 0 Å². The highest BCUT2D eigenvalue weighted by atomic mass is 15.7. The Balaban J connectivity index is 2.00. The van der Waals surface area contributed by atoms with E-state index in [4.69, 9.17) is 0 Å². The number of nitrogens with zero attached hydrogens (tertiary/aromatic N) is 2. The lowest BCUT2D eigenvalue weighted by Crippen LogP contribution is -2.48. The molecule has 0 amide bonds. The van der Waals surface area contributed by atoms with Gasteiger partial charge in [0, 0.05) is 25.8 Å². The molecule has 0 bridgehead atoms. The lowest BCUT2D eigenvalue weighted by molar-refractivity contribution is 0.147. The van der Waals surface area contributed by atoms with Crippen LogP contribution in [-0.2, 0) is 0 Å². The highest BCUT2D eigenvalue weighted by molar-refractivity contribution is 5.07. The number of hydrogen-bond donors (Lipinski definition) is 2. The summed E-state index contributed by atoms with van der Waals surface area (Å²) in [6.07, 6.45) is 2.03. The van der Waals surface area contributed by atoms with Gasteiger partial charge in [0.1, 0.15) is 0 Å². The molecule has 2 N–H and O–H groups in total. The normalized spacial score (nSPS) is 24.5. The van der Waals surface area contributed by atoms with Crippen molar-refractivity contribution >= 4 is 0 Å². The summed E-state index contributed by atoms with van der Waals surface area (Å²) in [6, 6.07) is 0. The molecular formula is C7H14N4. The first-order valence-corrected chi connectivity index (χ1v) is 4.10. The van der Waals surface area contributed by atoms with Gasteiger partial charge in [0.2, 0.25) is 0 Å². The smallest absolute Gasteiger partial charge is 0.0623 e. The van der Waals surface area contributed by atoms with Gasteiger partial charge in [-0.25, -0.2) is 0 Å². The Morgan fingerprint density at radius 2 is 2.45 bits per heavy atom. The molecule has 4 heteroatoms. The minimum Gasteiger partial charge on any atom is -0.309 e. The van der Waals surface area contributed by atoms with E-state index in [1.54, 1.807) is 0 Å². The van der Waals surface area contributed by atoms with Gasteiger partial charge in [-0.1, -0.05) is 6.92 Å². The molecule has 62 valence electrons. The van der Waals surface area contributed by atoms with Crippen molar-refractivity contribution in [1.29, 1.82) is 0 Å². The van der Waals surface area contributed by atoms with E-state index in [9.17, 15) is 0 Å². The summed E-state index contributed by atoms with van der Waals surface area (Å²) in [5.74, 6) is 0. The monoisotopic (exact) mass is 154 g/mol. The van der Waals surface area contributed by atoms with Crippen molar-refractivity contribution in [1.82, 2.24) is 20.9 Å². The van der Waals surface area contributed by atoms with Crippen molar-refractivity contribution in [2.24, 2.45) is 0 Å². The number of piperazine rings is 1. The SMILES string of the molecule is CCN1CCN2NNC=C2C1. The molecule has 0 saturated carbocycles. The zero-order chi connectivity index (χ0) is 7.68. The highest BCUT2D eigenvalue weighted by Crippen LogP contribution is 2.11. The Kier molecular flexibility index (Phi) is 1.71. The quantitative estimate of drug-likeness (QED) is 0.532. The maximum atomic E-state index is 3.07. The average Bonchev–Trinajstić information content (AvgIpc) is 2.50. The summed E-state index contributed by atoms with van der Waals surface area (Å²) in [5, 5.41) is 2.16. The van der Waals surface area contributed by atoms with Crippen LogP contribution in [0, 0.1) is 0 Å². The summed E-state index contributed by atoms with van der Waals surface area (Å²) < 4.78 is 0. The highest BCUT2D eigenvalue weighted by Gasteiger charge is 2.21. The van der Waals surface area contributed by atoms with Crippen LogP contribution >= 0.6 is 0 Å². The second kappa shape index (κ2) is 2.71. The lowest BCUT2D eigenvalue weighted by Gasteiger charge is -2.33. The van der Waals surface area contributed by atoms with Gasteiger partial charge < -0.3 is 5.43 Å². The van der Waals surface area contributed by atoms with Gasteiger partial charge in [0.25, 0.3) is 0 Å². The van der Waals surface area contributed by atoms with Crippen molar-refractivity contribution < 1.29 is 0 Å². The molecule has 0 radical (unpaired) electrons. The van der Waals surface area contributed by atoms with E-state index in [0.29, 0.717) is 0 Å². The van der Waals surface area contributed by atoms with Crippen LogP contribution in [0.25, 0.3) is 0 Å². The van der Waals surface area contributed by atoms with Crippen LogP contribution in [0.3, 0.4) is 0 Å². The minimum atomic E-state index is 1.07. The maximum Gasteiger partial charge on any atom is 0.0623 e. The van der Waals surface area contributed by atoms with Crippen LogP contribution in [0.2, 0.25) is 0 Å². The third kappa shape index (κ3) is 1.19. The van der Waals surface area contributed by atoms with Crippen LogP contribution in [-0.4, -0.2) is 36.1 Å². The van der Waals surface area contributed by atoms with Gasteiger partial charge in [-0.3, -0.25) is 9.91 Å². The molecule has 0 aliphatic carbocycles. The summed E-state index contributed by atoms with van der Waals surface area (Å²) in [6.45, 7) is 6.64. The number of nitrogens with one attached hydrogen (secondary N) is 2. The maximum absolute atomic E-state index is 3.07. The van der Waals surface area contributed by atoms with Gasteiger partial charge >= 0.3 is 0 Å².